The van der Waals surface area contributed by atoms with Gasteiger partial charge in [0.05, 0.1) is 5.69 Å². The first-order chi connectivity index (χ1) is 8.79. The molecule has 1 aromatic rings. The van der Waals surface area contributed by atoms with Gasteiger partial charge in [-0.3, -0.25) is 0 Å². The van der Waals surface area contributed by atoms with E-state index in [4.69, 9.17) is 10.7 Å². The van der Waals surface area contributed by atoms with Crippen molar-refractivity contribution >= 4 is 0 Å². The topological polar surface area (TPSA) is 47.1 Å². The Morgan fingerprint density at radius 1 is 1.22 bits per heavy atom. The van der Waals surface area contributed by atoms with Gasteiger partial charge in [0.2, 0.25) is 0 Å². The Hall–Kier alpha value is -0.870. The fraction of sp³-hybridized carbons (Fsp3) is 0.786. The highest BCUT2D eigenvalue weighted by Crippen LogP contribution is 2.31. The van der Waals surface area contributed by atoms with Crippen LogP contribution < -0.4 is 5.73 Å². The van der Waals surface area contributed by atoms with Crippen LogP contribution in [0.5, 0.6) is 0 Å². The van der Waals surface area contributed by atoms with Crippen LogP contribution in [0.3, 0.4) is 0 Å². The lowest BCUT2D eigenvalue weighted by Gasteiger charge is -2.29. The molecule has 4 nitrogen and oxygen atoms in total. The van der Waals surface area contributed by atoms with Crippen molar-refractivity contribution in [2.75, 3.05) is 20.1 Å². The predicted octanol–water partition coefficient (Wildman–Crippen LogP) is 1.49. The van der Waals surface area contributed by atoms with Gasteiger partial charge in [0.25, 0.3) is 0 Å². The molecule has 0 atom stereocenters. The van der Waals surface area contributed by atoms with Crippen molar-refractivity contribution in [1.82, 2.24) is 14.5 Å². The summed E-state index contributed by atoms with van der Waals surface area (Å²) in [7, 11) is 2.21. The zero-order valence-corrected chi connectivity index (χ0v) is 11.4. The van der Waals surface area contributed by atoms with Crippen molar-refractivity contribution in [3.8, 4) is 0 Å². The third kappa shape index (κ3) is 2.08. The highest BCUT2D eigenvalue weighted by Gasteiger charge is 2.26. The van der Waals surface area contributed by atoms with Crippen molar-refractivity contribution in [2.45, 2.75) is 51.1 Å². The Bertz CT molecular complexity index is 416. The van der Waals surface area contributed by atoms with Gasteiger partial charge < -0.3 is 15.2 Å². The normalized spacial score (nSPS) is 22.1. The summed E-state index contributed by atoms with van der Waals surface area (Å²) in [6.07, 6.45) is 6.26. The van der Waals surface area contributed by atoms with Crippen molar-refractivity contribution < 1.29 is 0 Å². The van der Waals surface area contributed by atoms with Gasteiger partial charge in [-0.25, -0.2) is 4.98 Å². The van der Waals surface area contributed by atoms with Crippen LogP contribution in [0.4, 0.5) is 0 Å². The molecule has 0 bridgehead atoms. The van der Waals surface area contributed by atoms with Crippen LogP contribution in [0.15, 0.2) is 0 Å². The number of likely N-dealkylation sites (tertiary alicyclic amines) is 1. The molecule has 0 unspecified atom stereocenters. The standard InChI is InChI=1S/C14H24N4/c1-17-8-5-11(6-9-17)14-16-12(10-15)13-4-2-3-7-18(13)14/h11H,2-10,15H2,1H3. The number of imidazole rings is 1. The van der Waals surface area contributed by atoms with Gasteiger partial charge in [0, 0.05) is 24.7 Å². The van der Waals surface area contributed by atoms with Gasteiger partial charge in [-0.15, -0.1) is 0 Å². The van der Waals surface area contributed by atoms with E-state index in [9.17, 15) is 0 Å². The minimum absolute atomic E-state index is 0.599. The van der Waals surface area contributed by atoms with Gasteiger partial charge in [-0.05, 0) is 52.2 Å². The summed E-state index contributed by atoms with van der Waals surface area (Å²) in [5, 5.41) is 0. The SMILES string of the molecule is CN1CCC(c2nc(CN)c3n2CCCC3)CC1. The summed E-state index contributed by atoms with van der Waals surface area (Å²) in [4.78, 5) is 7.30. The van der Waals surface area contributed by atoms with E-state index < -0.39 is 0 Å². The summed E-state index contributed by atoms with van der Waals surface area (Å²) < 4.78 is 2.49. The lowest BCUT2D eigenvalue weighted by molar-refractivity contribution is 0.247. The molecule has 0 aliphatic carbocycles. The maximum atomic E-state index is 5.85. The van der Waals surface area contributed by atoms with Gasteiger partial charge in [0.1, 0.15) is 5.82 Å². The minimum Gasteiger partial charge on any atom is -0.331 e. The average molecular weight is 248 g/mol. The van der Waals surface area contributed by atoms with E-state index in [1.165, 1.54) is 56.7 Å². The molecule has 1 saturated heterocycles. The highest BCUT2D eigenvalue weighted by atomic mass is 15.1. The molecule has 0 aromatic carbocycles. The van der Waals surface area contributed by atoms with E-state index in [0.717, 1.165) is 12.2 Å². The Kier molecular flexibility index (Phi) is 3.39. The first-order valence-electron chi connectivity index (χ1n) is 7.26. The average Bonchev–Trinajstić information content (AvgIpc) is 2.79. The number of hydrogen-bond donors (Lipinski definition) is 1. The second-order valence-electron chi connectivity index (χ2n) is 5.75. The molecule has 18 heavy (non-hydrogen) atoms. The first kappa shape index (κ1) is 12.2. The third-order valence-corrected chi connectivity index (χ3v) is 4.51. The Labute approximate surface area is 109 Å². The fourth-order valence-electron chi connectivity index (χ4n) is 3.39. The Morgan fingerprint density at radius 3 is 2.72 bits per heavy atom. The summed E-state index contributed by atoms with van der Waals surface area (Å²) in [5.74, 6) is 1.98. The molecule has 0 saturated carbocycles. The van der Waals surface area contributed by atoms with Gasteiger partial charge >= 0.3 is 0 Å². The highest BCUT2D eigenvalue weighted by molar-refractivity contribution is 5.21. The van der Waals surface area contributed by atoms with Crippen LogP contribution in [0.25, 0.3) is 0 Å². The zero-order chi connectivity index (χ0) is 12.5. The fourth-order valence-corrected chi connectivity index (χ4v) is 3.39. The smallest absolute Gasteiger partial charge is 0.112 e. The number of nitrogens with zero attached hydrogens (tertiary/aromatic N) is 3. The molecule has 0 spiro atoms. The Balaban J connectivity index is 1.89. The summed E-state index contributed by atoms with van der Waals surface area (Å²) in [6, 6.07) is 0. The third-order valence-electron chi connectivity index (χ3n) is 4.51. The molecule has 4 heteroatoms. The van der Waals surface area contributed by atoms with E-state index in [-0.39, 0.29) is 0 Å². The van der Waals surface area contributed by atoms with Crippen LogP contribution in [-0.4, -0.2) is 34.6 Å². The molecular weight excluding hydrogens is 224 g/mol. The quantitative estimate of drug-likeness (QED) is 0.862. The number of fused-ring (bicyclic) bond motifs is 1. The van der Waals surface area contributed by atoms with Gasteiger partial charge in [-0.1, -0.05) is 0 Å². The lowest BCUT2D eigenvalue weighted by atomic mass is 9.96. The maximum Gasteiger partial charge on any atom is 0.112 e. The monoisotopic (exact) mass is 248 g/mol. The number of rotatable bonds is 2. The molecule has 3 heterocycles. The molecule has 2 N–H and O–H groups in total. The largest absolute Gasteiger partial charge is 0.331 e. The van der Waals surface area contributed by atoms with Crippen LogP contribution in [0, 0.1) is 0 Å². The lowest BCUT2D eigenvalue weighted by Crippen LogP contribution is -2.30. The second-order valence-corrected chi connectivity index (χ2v) is 5.75. The molecule has 2 aliphatic heterocycles. The van der Waals surface area contributed by atoms with Crippen LogP contribution in [0.1, 0.15) is 48.8 Å². The van der Waals surface area contributed by atoms with Crippen LogP contribution >= 0.6 is 0 Å². The summed E-state index contributed by atoms with van der Waals surface area (Å²) in [5.41, 5.74) is 8.44. The molecule has 100 valence electrons. The minimum atomic E-state index is 0.599. The molecule has 1 aromatic heterocycles. The molecular formula is C14H24N4. The van der Waals surface area contributed by atoms with Crippen molar-refractivity contribution in [1.29, 1.82) is 0 Å². The number of hydrogen-bond acceptors (Lipinski definition) is 3. The summed E-state index contributed by atoms with van der Waals surface area (Å²) >= 11 is 0. The van der Waals surface area contributed by atoms with E-state index >= 15 is 0 Å². The molecule has 0 amide bonds. The van der Waals surface area contributed by atoms with E-state index in [1.807, 2.05) is 0 Å². The van der Waals surface area contributed by atoms with Crippen LogP contribution in [0.2, 0.25) is 0 Å². The zero-order valence-electron chi connectivity index (χ0n) is 11.4. The van der Waals surface area contributed by atoms with Crippen molar-refractivity contribution in [2.24, 2.45) is 5.73 Å². The first-order valence-corrected chi connectivity index (χ1v) is 7.26. The molecule has 0 radical (unpaired) electrons. The van der Waals surface area contributed by atoms with Gasteiger partial charge in [0.15, 0.2) is 0 Å². The number of nitrogens with two attached hydrogens (primary N) is 1. The Morgan fingerprint density at radius 2 is 2.00 bits per heavy atom. The number of aromatic nitrogens is 2. The predicted molar refractivity (Wildman–Crippen MR) is 72.5 cm³/mol. The molecule has 2 aliphatic rings. The van der Waals surface area contributed by atoms with E-state index in [2.05, 4.69) is 16.5 Å². The van der Waals surface area contributed by atoms with E-state index in [1.54, 1.807) is 0 Å². The maximum absolute atomic E-state index is 5.85. The van der Waals surface area contributed by atoms with Crippen molar-refractivity contribution in [3.05, 3.63) is 17.2 Å². The summed E-state index contributed by atoms with van der Waals surface area (Å²) in [6.45, 7) is 4.15. The molecule has 3 rings (SSSR count). The van der Waals surface area contributed by atoms with Gasteiger partial charge in [-0.2, -0.15) is 0 Å². The van der Waals surface area contributed by atoms with E-state index in [0.29, 0.717) is 12.5 Å². The second kappa shape index (κ2) is 5.02. The molecule has 1 fully saturated rings. The number of piperidine rings is 1. The van der Waals surface area contributed by atoms with Crippen molar-refractivity contribution in [3.63, 3.8) is 0 Å². The van der Waals surface area contributed by atoms with Crippen LogP contribution in [-0.2, 0) is 19.5 Å².